The van der Waals surface area contributed by atoms with Crippen molar-refractivity contribution in [1.29, 1.82) is 0 Å². The van der Waals surface area contributed by atoms with E-state index in [2.05, 4.69) is 28.5 Å². The van der Waals surface area contributed by atoms with E-state index >= 15 is 0 Å². The molecule has 2 fully saturated rings. The predicted octanol–water partition coefficient (Wildman–Crippen LogP) is 4.01. The molecule has 3 nitrogen and oxygen atoms in total. The number of halogens is 1. The molecule has 0 spiro atoms. The lowest BCUT2D eigenvalue weighted by Gasteiger charge is -2.37. The third-order valence-electron chi connectivity index (χ3n) is 5.69. The number of anilines is 1. The minimum Gasteiger partial charge on any atom is -0.368 e. The minimum absolute atomic E-state index is 0.459. The number of benzene rings is 1. The van der Waals surface area contributed by atoms with Crippen molar-refractivity contribution in [2.24, 2.45) is 11.7 Å². The van der Waals surface area contributed by atoms with Crippen molar-refractivity contribution >= 4 is 23.4 Å². The van der Waals surface area contributed by atoms with Crippen LogP contribution in [0, 0.1) is 5.92 Å². The van der Waals surface area contributed by atoms with E-state index < -0.39 is 0 Å². The molecule has 1 aromatic carbocycles. The van der Waals surface area contributed by atoms with Gasteiger partial charge in [-0.15, -0.1) is 0 Å². The van der Waals surface area contributed by atoms with Crippen molar-refractivity contribution < 1.29 is 0 Å². The molecule has 4 heteroatoms. The van der Waals surface area contributed by atoms with Gasteiger partial charge in [0.25, 0.3) is 0 Å². The van der Waals surface area contributed by atoms with Crippen LogP contribution in [0.2, 0.25) is 5.02 Å². The van der Waals surface area contributed by atoms with Crippen molar-refractivity contribution in [2.45, 2.75) is 38.1 Å². The smallest absolute Gasteiger partial charge is 0.0711 e. The van der Waals surface area contributed by atoms with Crippen molar-refractivity contribution in [2.75, 3.05) is 37.6 Å². The number of nitrogens with two attached hydrogens (primary N) is 1. The molecule has 3 rings (SSSR count). The first-order valence-corrected chi connectivity index (χ1v) is 9.69. The first-order valence-electron chi connectivity index (χ1n) is 9.31. The van der Waals surface area contributed by atoms with Gasteiger partial charge in [0.05, 0.1) is 10.7 Å². The van der Waals surface area contributed by atoms with Gasteiger partial charge >= 0.3 is 0 Å². The van der Waals surface area contributed by atoms with Gasteiger partial charge in [-0.2, -0.15) is 0 Å². The Morgan fingerprint density at radius 1 is 1.12 bits per heavy atom. The number of hydrogen-bond acceptors (Lipinski definition) is 3. The first-order chi connectivity index (χ1) is 11.7. The van der Waals surface area contributed by atoms with Crippen molar-refractivity contribution in [3.63, 3.8) is 0 Å². The molecule has 0 bridgehead atoms. The fraction of sp³-hybridized carbons (Fsp3) is 0.600. The summed E-state index contributed by atoms with van der Waals surface area (Å²) in [4.78, 5) is 5.02. The largest absolute Gasteiger partial charge is 0.368 e. The van der Waals surface area contributed by atoms with E-state index in [-0.39, 0.29) is 0 Å². The van der Waals surface area contributed by atoms with Gasteiger partial charge in [0.15, 0.2) is 0 Å². The molecule has 132 valence electrons. The van der Waals surface area contributed by atoms with Crippen molar-refractivity contribution in [1.82, 2.24) is 4.90 Å². The van der Waals surface area contributed by atoms with E-state index in [1.807, 2.05) is 12.1 Å². The monoisotopic (exact) mass is 347 g/mol. The van der Waals surface area contributed by atoms with Gasteiger partial charge < -0.3 is 10.6 Å². The molecule has 1 saturated heterocycles. The third-order valence-corrected chi connectivity index (χ3v) is 6.10. The normalized spacial score (nSPS) is 25.7. The molecule has 1 saturated carbocycles. The average Bonchev–Trinajstić information content (AvgIpc) is 2.62. The molecule has 1 aliphatic carbocycles. The van der Waals surface area contributed by atoms with Crippen LogP contribution in [-0.2, 0) is 0 Å². The molecule has 0 unspecified atom stereocenters. The van der Waals surface area contributed by atoms with E-state index in [0.717, 1.165) is 48.4 Å². The highest BCUT2D eigenvalue weighted by Crippen LogP contribution is 2.31. The Bertz CT molecular complexity index is 544. The van der Waals surface area contributed by atoms with Gasteiger partial charge in [-0.3, -0.25) is 4.90 Å². The number of rotatable bonds is 5. The maximum absolute atomic E-state index is 6.52. The molecule has 1 aromatic rings. The lowest BCUT2D eigenvalue weighted by atomic mass is 9.84. The number of piperazine rings is 1. The predicted molar refractivity (Wildman–Crippen MR) is 105 cm³/mol. The highest BCUT2D eigenvalue weighted by molar-refractivity contribution is 6.34. The molecule has 0 amide bonds. The lowest BCUT2D eigenvalue weighted by Crippen LogP contribution is -2.47. The Morgan fingerprint density at radius 2 is 1.83 bits per heavy atom. The van der Waals surface area contributed by atoms with Crippen LogP contribution in [0.4, 0.5) is 5.69 Å². The summed E-state index contributed by atoms with van der Waals surface area (Å²) >= 11 is 6.52. The zero-order valence-corrected chi connectivity index (χ0v) is 15.3. The summed E-state index contributed by atoms with van der Waals surface area (Å²) in [7, 11) is 0. The van der Waals surface area contributed by atoms with Crippen LogP contribution >= 0.6 is 11.6 Å². The Hall–Kier alpha value is -1.03. The van der Waals surface area contributed by atoms with Crippen molar-refractivity contribution in [3.05, 3.63) is 35.4 Å². The van der Waals surface area contributed by atoms with E-state index in [1.165, 1.54) is 38.6 Å². The fourth-order valence-electron chi connectivity index (χ4n) is 3.99. The summed E-state index contributed by atoms with van der Waals surface area (Å²) in [6.07, 6.45) is 8.25. The summed E-state index contributed by atoms with van der Waals surface area (Å²) in [5.74, 6) is 0.890. The average molecular weight is 348 g/mol. The van der Waals surface area contributed by atoms with E-state index in [1.54, 1.807) is 0 Å². The molecular formula is C20H30ClN3. The molecular weight excluding hydrogens is 318 g/mol. The van der Waals surface area contributed by atoms with Crippen LogP contribution in [0.25, 0.3) is 6.08 Å². The summed E-state index contributed by atoms with van der Waals surface area (Å²) in [5.41, 5.74) is 8.18. The van der Waals surface area contributed by atoms with Gasteiger partial charge in [0.1, 0.15) is 0 Å². The molecule has 2 aliphatic rings. The van der Waals surface area contributed by atoms with E-state index in [4.69, 9.17) is 17.3 Å². The van der Waals surface area contributed by atoms with Gasteiger partial charge in [0, 0.05) is 32.2 Å². The quantitative estimate of drug-likeness (QED) is 0.873. The molecule has 2 N–H and O–H groups in total. The third kappa shape index (κ3) is 4.33. The molecule has 0 atom stereocenters. The fourth-order valence-corrected chi connectivity index (χ4v) is 4.32. The Morgan fingerprint density at radius 3 is 2.50 bits per heavy atom. The lowest BCUT2D eigenvalue weighted by molar-refractivity contribution is 0.217. The molecule has 1 aliphatic heterocycles. The number of hydrogen-bond donors (Lipinski definition) is 1. The summed E-state index contributed by atoms with van der Waals surface area (Å²) in [6.45, 7) is 9.43. The second-order valence-electron chi connectivity index (χ2n) is 7.28. The van der Waals surface area contributed by atoms with Crippen molar-refractivity contribution in [3.8, 4) is 0 Å². The topological polar surface area (TPSA) is 32.5 Å². The molecule has 1 heterocycles. The standard InChI is InChI=1S/C20H30ClN3/c1-2-17-4-3-5-19(20(17)21)24-14-12-23(13-15-24)11-10-16-6-8-18(22)9-7-16/h2-5,16,18H,1,6-15,22H2/t16-,18-. The van der Waals surface area contributed by atoms with Crippen LogP contribution < -0.4 is 10.6 Å². The Balaban J connectivity index is 1.47. The minimum atomic E-state index is 0.459. The molecule has 24 heavy (non-hydrogen) atoms. The van der Waals surface area contributed by atoms with E-state index in [9.17, 15) is 0 Å². The highest BCUT2D eigenvalue weighted by Gasteiger charge is 2.22. The maximum Gasteiger partial charge on any atom is 0.0711 e. The molecule has 0 aromatic heterocycles. The Labute approximate surface area is 151 Å². The zero-order chi connectivity index (χ0) is 16.9. The van der Waals surface area contributed by atoms with E-state index in [0.29, 0.717) is 6.04 Å². The SMILES string of the molecule is C=Cc1cccc(N2CCN(CC[C@H]3CC[C@H](N)CC3)CC2)c1Cl. The van der Waals surface area contributed by atoms with Gasteiger partial charge in [0.2, 0.25) is 0 Å². The highest BCUT2D eigenvalue weighted by atomic mass is 35.5. The van der Waals surface area contributed by atoms with Gasteiger partial charge in [-0.25, -0.2) is 0 Å². The van der Waals surface area contributed by atoms with Crippen LogP contribution in [0.5, 0.6) is 0 Å². The molecule has 0 radical (unpaired) electrons. The summed E-state index contributed by atoms with van der Waals surface area (Å²) in [5, 5.41) is 0.833. The summed E-state index contributed by atoms with van der Waals surface area (Å²) in [6, 6.07) is 6.67. The van der Waals surface area contributed by atoms with Gasteiger partial charge in [-0.05, 0) is 56.2 Å². The van der Waals surface area contributed by atoms with Crippen LogP contribution in [-0.4, -0.2) is 43.7 Å². The Kier molecular flexibility index (Phi) is 6.20. The second-order valence-corrected chi connectivity index (χ2v) is 7.66. The van der Waals surface area contributed by atoms with Crippen LogP contribution in [0.15, 0.2) is 24.8 Å². The van der Waals surface area contributed by atoms with Gasteiger partial charge in [-0.1, -0.05) is 36.4 Å². The van der Waals surface area contributed by atoms with Crippen LogP contribution in [0.3, 0.4) is 0 Å². The summed E-state index contributed by atoms with van der Waals surface area (Å²) < 4.78 is 0. The van der Waals surface area contributed by atoms with Crippen LogP contribution in [0.1, 0.15) is 37.7 Å². The maximum atomic E-state index is 6.52. The second kappa shape index (κ2) is 8.37. The first kappa shape index (κ1) is 17.8. The number of nitrogens with zero attached hydrogens (tertiary/aromatic N) is 2. The zero-order valence-electron chi connectivity index (χ0n) is 14.6.